The predicted octanol–water partition coefficient (Wildman–Crippen LogP) is -0.685. The van der Waals surface area contributed by atoms with Crippen LogP contribution in [0.4, 0.5) is 9.18 Å². The third-order valence-corrected chi connectivity index (χ3v) is 5.29. The molecule has 4 rings (SSSR count). The highest BCUT2D eigenvalue weighted by Crippen LogP contribution is 2.25. The molecule has 28 heavy (non-hydrogen) atoms. The molecule has 0 bridgehead atoms. The Bertz CT molecular complexity index is 829. The van der Waals surface area contributed by atoms with Gasteiger partial charge in [0.15, 0.2) is 11.6 Å². The Hall–Kier alpha value is -3.01. The van der Waals surface area contributed by atoms with Gasteiger partial charge in [-0.05, 0) is 18.7 Å². The summed E-state index contributed by atoms with van der Waals surface area (Å²) in [6.45, 7) is 1.36. The van der Waals surface area contributed by atoms with E-state index < -0.39 is 5.54 Å². The zero-order valence-corrected chi connectivity index (χ0v) is 15.7. The molecule has 0 aromatic heterocycles. The van der Waals surface area contributed by atoms with Gasteiger partial charge in [0.05, 0.1) is 12.1 Å². The van der Waals surface area contributed by atoms with E-state index in [4.69, 9.17) is 5.73 Å². The van der Waals surface area contributed by atoms with Crippen molar-refractivity contribution < 1.29 is 9.18 Å². The van der Waals surface area contributed by atoms with Crippen LogP contribution < -0.4 is 32.3 Å². The van der Waals surface area contributed by atoms with Crippen LogP contribution in [0.3, 0.4) is 0 Å². The summed E-state index contributed by atoms with van der Waals surface area (Å²) in [5, 5.41) is 15.1. The van der Waals surface area contributed by atoms with Crippen LogP contribution in [0.15, 0.2) is 52.3 Å². The molecule has 0 aromatic carbocycles. The third kappa shape index (κ3) is 3.42. The molecule has 150 valence electrons. The molecule has 7 N–H and O–H groups in total. The molecule has 1 fully saturated rings. The number of urea groups is 1. The Kier molecular flexibility index (Phi) is 4.71. The van der Waals surface area contributed by atoms with Crippen LogP contribution in [0, 0.1) is 0 Å². The number of aliphatic imine (C=N–C) groups is 1. The second-order valence-corrected chi connectivity index (χ2v) is 7.32. The molecule has 1 unspecified atom stereocenters. The van der Waals surface area contributed by atoms with Crippen molar-refractivity contribution in [2.24, 2.45) is 10.7 Å². The smallest absolute Gasteiger partial charge is 0.317 e. The van der Waals surface area contributed by atoms with Gasteiger partial charge in [-0.25, -0.2) is 14.2 Å². The minimum absolute atomic E-state index is 0.00171. The zero-order chi connectivity index (χ0) is 19.7. The molecule has 4 aliphatic rings. The molecule has 0 spiro atoms. The number of rotatable bonds is 4. The molecule has 0 aliphatic carbocycles. The maximum Gasteiger partial charge on any atom is 0.317 e. The molecule has 9 nitrogen and oxygen atoms in total. The summed E-state index contributed by atoms with van der Waals surface area (Å²) < 4.78 is 14.4. The van der Waals surface area contributed by atoms with Gasteiger partial charge in [0, 0.05) is 44.0 Å². The van der Waals surface area contributed by atoms with Crippen molar-refractivity contribution in [1.82, 2.24) is 31.5 Å². The lowest BCUT2D eigenvalue weighted by atomic mass is 10.0. The van der Waals surface area contributed by atoms with Crippen LogP contribution in [0.25, 0.3) is 0 Å². The number of fused-ring (bicyclic) bond motifs is 1. The van der Waals surface area contributed by atoms with E-state index in [0.29, 0.717) is 31.9 Å². The molecule has 0 saturated carbocycles. The van der Waals surface area contributed by atoms with Gasteiger partial charge < -0.3 is 37.2 Å². The number of nitrogens with zero attached hydrogens (tertiary/aromatic N) is 2. The van der Waals surface area contributed by atoms with Crippen molar-refractivity contribution in [3.8, 4) is 0 Å². The first-order valence-electron chi connectivity index (χ1n) is 9.29. The summed E-state index contributed by atoms with van der Waals surface area (Å²) in [5.74, 6) is 0.417. The van der Waals surface area contributed by atoms with Crippen molar-refractivity contribution >= 4 is 11.9 Å². The van der Waals surface area contributed by atoms with E-state index in [0.717, 1.165) is 11.1 Å². The van der Waals surface area contributed by atoms with E-state index in [9.17, 15) is 9.18 Å². The molecular formula is C18H25FN8O. The van der Waals surface area contributed by atoms with Crippen LogP contribution in [0.2, 0.25) is 0 Å². The third-order valence-electron chi connectivity index (χ3n) is 5.29. The lowest BCUT2D eigenvalue weighted by Crippen LogP contribution is -2.52. The van der Waals surface area contributed by atoms with E-state index >= 15 is 0 Å². The number of hydrogen-bond donors (Lipinski definition) is 6. The molecular weight excluding hydrogens is 363 g/mol. The largest absolute Gasteiger partial charge is 0.368 e. The lowest BCUT2D eigenvalue weighted by Gasteiger charge is -2.27. The fraction of sp³-hybridized carbons (Fsp3) is 0.444. The number of hydrogen-bond acceptors (Lipinski definition) is 7. The van der Waals surface area contributed by atoms with Gasteiger partial charge in [-0.2, -0.15) is 0 Å². The van der Waals surface area contributed by atoms with Crippen molar-refractivity contribution in [3.63, 3.8) is 0 Å². The number of likely N-dealkylation sites (tertiary alicyclic amines) is 1. The van der Waals surface area contributed by atoms with E-state index in [1.165, 1.54) is 0 Å². The second-order valence-electron chi connectivity index (χ2n) is 7.32. The average molecular weight is 388 g/mol. The Labute approximate surface area is 162 Å². The number of halogens is 1. The van der Waals surface area contributed by atoms with Crippen LogP contribution in [-0.2, 0) is 0 Å². The summed E-state index contributed by atoms with van der Waals surface area (Å²) >= 11 is 0. The minimum atomic E-state index is -0.625. The number of amides is 2. The zero-order valence-electron chi connectivity index (χ0n) is 15.7. The maximum absolute atomic E-state index is 14.4. The molecule has 0 radical (unpaired) electrons. The Morgan fingerprint density at radius 1 is 1.50 bits per heavy atom. The van der Waals surface area contributed by atoms with Gasteiger partial charge in [-0.15, -0.1) is 0 Å². The van der Waals surface area contributed by atoms with Gasteiger partial charge in [-0.1, -0.05) is 6.08 Å². The fourth-order valence-electron chi connectivity index (χ4n) is 3.71. The first-order chi connectivity index (χ1) is 13.5. The quantitative estimate of drug-likeness (QED) is 0.380. The van der Waals surface area contributed by atoms with Gasteiger partial charge in [-0.3, -0.25) is 0 Å². The van der Waals surface area contributed by atoms with Gasteiger partial charge in [0.1, 0.15) is 12.0 Å². The van der Waals surface area contributed by atoms with Gasteiger partial charge >= 0.3 is 6.03 Å². The number of dihydropyridines is 1. The Balaban J connectivity index is 1.44. The van der Waals surface area contributed by atoms with Crippen molar-refractivity contribution in [3.05, 3.63) is 47.3 Å². The number of nitrogens with one attached hydrogen (secondary N) is 5. The molecule has 4 heterocycles. The highest BCUT2D eigenvalue weighted by atomic mass is 19.1. The first kappa shape index (κ1) is 18.4. The van der Waals surface area contributed by atoms with Crippen LogP contribution in [-0.4, -0.2) is 61.7 Å². The van der Waals surface area contributed by atoms with Crippen LogP contribution in [0.5, 0.6) is 0 Å². The van der Waals surface area contributed by atoms with Crippen molar-refractivity contribution in [2.75, 3.05) is 33.2 Å². The highest BCUT2D eigenvalue weighted by Gasteiger charge is 2.37. The first-order valence-corrected chi connectivity index (χ1v) is 9.29. The highest BCUT2D eigenvalue weighted by molar-refractivity contribution is 6.04. The monoisotopic (exact) mass is 388 g/mol. The van der Waals surface area contributed by atoms with E-state index in [2.05, 4.69) is 31.6 Å². The summed E-state index contributed by atoms with van der Waals surface area (Å²) in [4.78, 5) is 17.9. The Morgan fingerprint density at radius 2 is 2.36 bits per heavy atom. The molecule has 2 amide bonds. The van der Waals surface area contributed by atoms with Crippen LogP contribution >= 0.6 is 0 Å². The van der Waals surface area contributed by atoms with Crippen molar-refractivity contribution in [1.29, 1.82) is 0 Å². The van der Waals surface area contributed by atoms with E-state index in [1.54, 1.807) is 11.9 Å². The van der Waals surface area contributed by atoms with Crippen LogP contribution in [0.1, 0.15) is 6.42 Å². The molecule has 2 atom stereocenters. The number of carbonyl (C=O) groups is 1. The van der Waals surface area contributed by atoms with E-state index in [1.807, 2.05) is 24.6 Å². The molecule has 1 saturated heterocycles. The SMILES string of the molecule is CNC(=O)N1CC[C@](N)(CNC2=C(F)CNC(C3=CNC4NC=CC=C34)=N2)C1. The number of allylic oxidation sites excluding steroid dienone is 2. The minimum Gasteiger partial charge on any atom is -0.368 e. The summed E-state index contributed by atoms with van der Waals surface area (Å²) in [6, 6.07) is -0.154. The van der Waals surface area contributed by atoms with Gasteiger partial charge in [0.2, 0.25) is 0 Å². The lowest BCUT2D eigenvalue weighted by molar-refractivity contribution is 0.208. The topological polar surface area (TPSA) is 119 Å². The Morgan fingerprint density at radius 3 is 3.18 bits per heavy atom. The summed E-state index contributed by atoms with van der Waals surface area (Å²) in [6.07, 6.45) is 8.29. The number of nitrogens with two attached hydrogens (primary N) is 1. The average Bonchev–Trinajstić information content (AvgIpc) is 3.31. The fourth-order valence-corrected chi connectivity index (χ4v) is 3.71. The number of amidine groups is 1. The number of carbonyl (C=O) groups excluding carboxylic acids is 1. The molecule has 0 aromatic rings. The molecule has 4 aliphatic heterocycles. The standard InChI is InChI=1S/C18H25FN8O/c1-21-17(28)27-6-4-18(20,10-27)9-25-16-13(19)8-24-15(26-16)12-7-23-14-11(12)3-2-5-22-14/h2-3,5,7,14,22-23,25H,4,6,8-10,20H2,1H3,(H,21,28)(H,24,26)/t14?,18-/m0/s1. The summed E-state index contributed by atoms with van der Waals surface area (Å²) in [7, 11) is 1.59. The molecule has 10 heteroatoms. The van der Waals surface area contributed by atoms with Gasteiger partial charge in [0.25, 0.3) is 0 Å². The van der Waals surface area contributed by atoms with Crippen molar-refractivity contribution in [2.45, 2.75) is 18.1 Å². The second kappa shape index (κ2) is 7.19. The summed E-state index contributed by atoms with van der Waals surface area (Å²) in [5.41, 5.74) is 7.72. The normalized spacial score (nSPS) is 28.5. The maximum atomic E-state index is 14.4. The predicted molar refractivity (Wildman–Crippen MR) is 105 cm³/mol. The van der Waals surface area contributed by atoms with E-state index in [-0.39, 0.29) is 30.4 Å².